The highest BCUT2D eigenvalue weighted by atomic mass is 35.5. The molecule has 0 saturated carbocycles. The maximum Gasteiger partial charge on any atom is 0.242 e. The summed E-state index contributed by atoms with van der Waals surface area (Å²) in [6.07, 6.45) is 0.719. The third kappa shape index (κ3) is 5.15. The second-order valence-electron chi connectivity index (χ2n) is 7.66. The minimum absolute atomic E-state index is 0.0526. The van der Waals surface area contributed by atoms with Crippen LogP contribution in [0.5, 0.6) is 0 Å². The van der Waals surface area contributed by atoms with E-state index in [0.29, 0.717) is 6.54 Å². The summed E-state index contributed by atoms with van der Waals surface area (Å²) in [7, 11) is -3.80. The lowest BCUT2D eigenvalue weighted by atomic mass is 10.0. The molecule has 7 heteroatoms. The fourth-order valence-corrected chi connectivity index (χ4v) is 5.61. The van der Waals surface area contributed by atoms with Crippen LogP contribution in [0.4, 0.5) is 0 Å². The van der Waals surface area contributed by atoms with Crippen molar-refractivity contribution < 1.29 is 8.42 Å². The summed E-state index contributed by atoms with van der Waals surface area (Å²) in [5, 5.41) is 9.16. The van der Waals surface area contributed by atoms with Gasteiger partial charge in [0.05, 0.1) is 16.7 Å². The Morgan fingerprint density at radius 3 is 2.45 bits per heavy atom. The molecule has 0 amide bonds. The van der Waals surface area contributed by atoms with Crippen molar-refractivity contribution in [3.05, 3.63) is 88.9 Å². The molecule has 158 valence electrons. The van der Waals surface area contributed by atoms with Crippen molar-refractivity contribution in [2.24, 2.45) is 0 Å². The SMILES string of the molecule is N#Cc1ccc(Cl)c(S(=O)(=O)N[C@@H]2CCN(Cc3ccc(-c4ccccc4)cc3)C2)c1. The van der Waals surface area contributed by atoms with Gasteiger partial charge in [-0.2, -0.15) is 5.26 Å². The van der Waals surface area contributed by atoms with Gasteiger partial charge in [-0.1, -0.05) is 66.2 Å². The Morgan fingerprint density at radius 2 is 1.74 bits per heavy atom. The van der Waals surface area contributed by atoms with Crippen molar-refractivity contribution in [1.29, 1.82) is 5.26 Å². The molecule has 0 spiro atoms. The molecular weight excluding hydrogens is 430 g/mol. The van der Waals surface area contributed by atoms with Crippen LogP contribution < -0.4 is 4.72 Å². The molecule has 0 bridgehead atoms. The Morgan fingerprint density at radius 1 is 1.03 bits per heavy atom. The van der Waals surface area contributed by atoms with Gasteiger partial charge in [-0.3, -0.25) is 4.90 Å². The number of rotatable bonds is 6. The Balaban J connectivity index is 1.38. The van der Waals surface area contributed by atoms with Crippen LogP contribution in [0, 0.1) is 11.3 Å². The first-order valence-corrected chi connectivity index (χ1v) is 11.9. The van der Waals surface area contributed by atoms with E-state index in [1.54, 1.807) is 0 Å². The molecule has 5 nitrogen and oxygen atoms in total. The molecule has 0 aromatic heterocycles. The van der Waals surface area contributed by atoms with Crippen LogP contribution in [0.2, 0.25) is 5.02 Å². The molecule has 0 unspecified atom stereocenters. The summed E-state index contributed by atoms with van der Waals surface area (Å²) in [6.45, 7) is 2.19. The highest BCUT2D eigenvalue weighted by Gasteiger charge is 2.28. The topological polar surface area (TPSA) is 73.2 Å². The summed E-state index contributed by atoms with van der Waals surface area (Å²) in [5.74, 6) is 0. The molecule has 0 aliphatic carbocycles. The number of hydrogen-bond donors (Lipinski definition) is 1. The second kappa shape index (κ2) is 9.21. The molecule has 1 fully saturated rings. The van der Waals surface area contributed by atoms with Gasteiger partial charge in [0.25, 0.3) is 0 Å². The molecule has 1 aliphatic rings. The lowest BCUT2D eigenvalue weighted by Crippen LogP contribution is -2.37. The Kier molecular flexibility index (Phi) is 6.40. The van der Waals surface area contributed by atoms with Crippen LogP contribution in [0.3, 0.4) is 0 Å². The highest BCUT2D eigenvalue weighted by molar-refractivity contribution is 7.89. The van der Waals surface area contributed by atoms with Gasteiger partial charge in [-0.15, -0.1) is 0 Å². The Bertz CT molecular complexity index is 1210. The predicted molar refractivity (Wildman–Crippen MR) is 122 cm³/mol. The molecule has 3 aromatic rings. The van der Waals surface area contributed by atoms with Gasteiger partial charge in [-0.25, -0.2) is 13.1 Å². The summed E-state index contributed by atoms with van der Waals surface area (Å²) < 4.78 is 28.3. The first-order valence-electron chi connectivity index (χ1n) is 10.0. The minimum Gasteiger partial charge on any atom is -0.297 e. The number of halogens is 1. The monoisotopic (exact) mass is 451 g/mol. The summed E-state index contributed by atoms with van der Waals surface area (Å²) in [5.41, 5.74) is 3.81. The lowest BCUT2D eigenvalue weighted by Gasteiger charge is -2.17. The molecule has 1 atom stereocenters. The zero-order valence-electron chi connectivity index (χ0n) is 16.8. The second-order valence-corrected chi connectivity index (χ2v) is 9.75. The van der Waals surface area contributed by atoms with Gasteiger partial charge >= 0.3 is 0 Å². The van der Waals surface area contributed by atoms with E-state index in [1.165, 1.54) is 34.9 Å². The number of hydrogen-bond acceptors (Lipinski definition) is 4. The first-order chi connectivity index (χ1) is 14.9. The van der Waals surface area contributed by atoms with Crippen LogP contribution in [-0.2, 0) is 16.6 Å². The van der Waals surface area contributed by atoms with Gasteiger partial charge in [0.2, 0.25) is 10.0 Å². The van der Waals surface area contributed by atoms with Crippen molar-refractivity contribution in [1.82, 2.24) is 9.62 Å². The van der Waals surface area contributed by atoms with Crippen molar-refractivity contribution in [3.63, 3.8) is 0 Å². The van der Waals surface area contributed by atoms with E-state index in [4.69, 9.17) is 16.9 Å². The maximum atomic E-state index is 12.8. The molecule has 1 aliphatic heterocycles. The number of nitriles is 1. The summed E-state index contributed by atoms with van der Waals surface area (Å²) in [6, 6.07) is 24.7. The van der Waals surface area contributed by atoms with Gasteiger partial charge in [-0.05, 0) is 41.3 Å². The van der Waals surface area contributed by atoms with E-state index >= 15 is 0 Å². The number of sulfonamides is 1. The standard InChI is InChI=1S/C24H22ClN3O2S/c25-23-11-8-19(15-26)14-24(23)31(29,30)27-22-12-13-28(17-22)16-18-6-9-21(10-7-18)20-4-2-1-3-5-20/h1-11,14,22,27H,12-13,16-17H2/t22-/m1/s1. The normalized spacial score (nSPS) is 16.8. The summed E-state index contributed by atoms with van der Waals surface area (Å²) in [4.78, 5) is 2.18. The molecule has 31 heavy (non-hydrogen) atoms. The van der Waals surface area contributed by atoms with E-state index in [9.17, 15) is 8.42 Å². The average Bonchev–Trinajstić information content (AvgIpc) is 3.21. The smallest absolute Gasteiger partial charge is 0.242 e. The van der Waals surface area contributed by atoms with E-state index < -0.39 is 10.0 Å². The van der Waals surface area contributed by atoms with Crippen molar-refractivity contribution >= 4 is 21.6 Å². The van der Waals surface area contributed by atoms with Gasteiger partial charge in [0.1, 0.15) is 4.90 Å². The van der Waals surface area contributed by atoms with Crippen LogP contribution in [0.1, 0.15) is 17.5 Å². The van der Waals surface area contributed by atoms with E-state index in [0.717, 1.165) is 19.5 Å². The first kappa shape index (κ1) is 21.5. The Labute approximate surface area is 187 Å². The van der Waals surface area contributed by atoms with Crippen molar-refractivity contribution in [3.8, 4) is 17.2 Å². The largest absolute Gasteiger partial charge is 0.297 e. The van der Waals surface area contributed by atoms with Crippen LogP contribution in [-0.4, -0.2) is 32.4 Å². The fourth-order valence-electron chi connectivity index (χ4n) is 3.83. The van der Waals surface area contributed by atoms with E-state index in [1.807, 2.05) is 24.3 Å². The quantitative estimate of drug-likeness (QED) is 0.601. The molecule has 3 aromatic carbocycles. The lowest BCUT2D eigenvalue weighted by molar-refractivity contribution is 0.324. The molecule has 1 N–H and O–H groups in total. The number of nitrogens with zero attached hydrogens (tertiary/aromatic N) is 2. The molecule has 0 radical (unpaired) electrons. The van der Waals surface area contributed by atoms with Crippen LogP contribution in [0.15, 0.2) is 77.7 Å². The summed E-state index contributed by atoms with van der Waals surface area (Å²) >= 11 is 6.08. The predicted octanol–water partition coefficient (Wildman–Crippen LogP) is 4.43. The third-order valence-corrected chi connectivity index (χ3v) is 7.41. The zero-order valence-corrected chi connectivity index (χ0v) is 18.4. The number of benzene rings is 3. The number of likely N-dealkylation sites (tertiary alicyclic amines) is 1. The van der Waals surface area contributed by atoms with Crippen molar-refractivity contribution in [2.75, 3.05) is 13.1 Å². The Hall–Kier alpha value is -2.69. The molecule has 1 saturated heterocycles. The minimum atomic E-state index is -3.80. The van der Waals surface area contributed by atoms with Gasteiger partial charge < -0.3 is 0 Å². The average molecular weight is 452 g/mol. The zero-order chi connectivity index (χ0) is 21.8. The van der Waals surface area contributed by atoms with Crippen LogP contribution in [0.25, 0.3) is 11.1 Å². The number of nitrogens with one attached hydrogen (secondary N) is 1. The third-order valence-electron chi connectivity index (χ3n) is 5.41. The molecule has 1 heterocycles. The van der Waals surface area contributed by atoms with E-state index in [-0.39, 0.29) is 21.5 Å². The fraction of sp³-hybridized carbons (Fsp3) is 0.208. The highest BCUT2D eigenvalue weighted by Crippen LogP contribution is 2.24. The van der Waals surface area contributed by atoms with Gasteiger partial charge in [0, 0.05) is 25.7 Å². The van der Waals surface area contributed by atoms with Crippen molar-refractivity contribution in [2.45, 2.75) is 23.9 Å². The maximum absolute atomic E-state index is 12.8. The molecular formula is C24H22ClN3O2S. The van der Waals surface area contributed by atoms with E-state index in [2.05, 4.69) is 46.0 Å². The molecule has 4 rings (SSSR count). The van der Waals surface area contributed by atoms with Crippen LogP contribution >= 0.6 is 11.6 Å². The van der Waals surface area contributed by atoms with Gasteiger partial charge in [0.15, 0.2) is 0 Å².